The molecule has 0 atom stereocenters. The molecule has 13 heavy (non-hydrogen) atoms. The minimum atomic E-state index is -0.420. The summed E-state index contributed by atoms with van der Waals surface area (Å²) in [7, 11) is 0. The maximum absolute atomic E-state index is 13.0. The molecule has 0 heterocycles. The van der Waals surface area contributed by atoms with E-state index in [1.54, 1.807) is 6.07 Å². The standard InChI is InChI=1S/C8H7BrClFN2/c9-5-1-2-6(11)7(3-5)13-8(12)4-10/h1-3H,4H2,(H2,12,13). The molecular formula is C8H7BrClFN2. The van der Waals surface area contributed by atoms with Crippen molar-refractivity contribution in [1.29, 1.82) is 0 Å². The minimum Gasteiger partial charge on any atom is -0.386 e. The first kappa shape index (κ1) is 10.5. The molecule has 0 aliphatic rings. The lowest BCUT2D eigenvalue weighted by Crippen LogP contribution is -2.12. The van der Waals surface area contributed by atoms with Crippen LogP contribution >= 0.6 is 27.5 Å². The number of aliphatic imine (C=N–C) groups is 1. The molecule has 0 saturated carbocycles. The first-order valence-corrected chi connectivity index (χ1v) is 4.80. The van der Waals surface area contributed by atoms with E-state index in [0.29, 0.717) is 0 Å². The number of nitrogens with two attached hydrogens (primary N) is 1. The minimum absolute atomic E-state index is 0.0892. The molecule has 0 radical (unpaired) electrons. The van der Waals surface area contributed by atoms with E-state index in [2.05, 4.69) is 20.9 Å². The van der Waals surface area contributed by atoms with Gasteiger partial charge in [-0.1, -0.05) is 15.9 Å². The van der Waals surface area contributed by atoms with Gasteiger partial charge in [0.1, 0.15) is 17.3 Å². The fraction of sp³-hybridized carbons (Fsp3) is 0.125. The third-order valence-electron chi connectivity index (χ3n) is 1.31. The maximum atomic E-state index is 13.0. The van der Waals surface area contributed by atoms with E-state index >= 15 is 0 Å². The summed E-state index contributed by atoms with van der Waals surface area (Å²) in [4.78, 5) is 3.80. The van der Waals surface area contributed by atoms with Gasteiger partial charge in [0.05, 0.1) is 5.88 Å². The van der Waals surface area contributed by atoms with Crippen LogP contribution in [0.15, 0.2) is 27.7 Å². The van der Waals surface area contributed by atoms with Gasteiger partial charge in [0, 0.05) is 4.47 Å². The quantitative estimate of drug-likeness (QED) is 0.498. The van der Waals surface area contributed by atoms with Crippen molar-refractivity contribution in [2.24, 2.45) is 10.7 Å². The Labute approximate surface area is 88.7 Å². The first-order chi connectivity index (χ1) is 6.13. The van der Waals surface area contributed by atoms with E-state index in [-0.39, 0.29) is 17.4 Å². The molecule has 1 aromatic rings. The average molecular weight is 266 g/mol. The van der Waals surface area contributed by atoms with Crippen LogP contribution in [0, 0.1) is 5.82 Å². The van der Waals surface area contributed by atoms with Crippen LogP contribution in [0.4, 0.5) is 10.1 Å². The highest BCUT2D eigenvalue weighted by atomic mass is 79.9. The molecule has 0 aliphatic heterocycles. The normalized spacial score (nSPS) is 11.8. The largest absolute Gasteiger partial charge is 0.386 e. The van der Waals surface area contributed by atoms with Crippen LogP contribution in [0.25, 0.3) is 0 Å². The number of rotatable bonds is 2. The predicted octanol–water partition coefficient (Wildman–Crippen LogP) is 2.82. The molecule has 0 amide bonds. The van der Waals surface area contributed by atoms with Gasteiger partial charge in [-0.15, -0.1) is 11.6 Å². The van der Waals surface area contributed by atoms with Crippen LogP contribution in [0.1, 0.15) is 0 Å². The number of nitrogens with zero attached hydrogens (tertiary/aromatic N) is 1. The van der Waals surface area contributed by atoms with Crippen molar-refractivity contribution in [2.75, 3.05) is 5.88 Å². The van der Waals surface area contributed by atoms with Crippen LogP contribution in [0.5, 0.6) is 0 Å². The van der Waals surface area contributed by atoms with E-state index in [0.717, 1.165) is 4.47 Å². The Hall–Kier alpha value is -0.610. The van der Waals surface area contributed by atoms with Crippen molar-refractivity contribution in [2.45, 2.75) is 0 Å². The topological polar surface area (TPSA) is 38.4 Å². The van der Waals surface area contributed by atoms with Crippen molar-refractivity contribution >= 4 is 39.1 Å². The Kier molecular flexibility index (Phi) is 3.69. The second kappa shape index (κ2) is 4.58. The molecule has 0 spiro atoms. The van der Waals surface area contributed by atoms with Gasteiger partial charge in [-0.3, -0.25) is 0 Å². The summed E-state index contributed by atoms with van der Waals surface area (Å²) in [5.74, 6) is -0.138. The van der Waals surface area contributed by atoms with Crippen molar-refractivity contribution in [3.05, 3.63) is 28.5 Å². The monoisotopic (exact) mass is 264 g/mol. The molecule has 1 rings (SSSR count). The SMILES string of the molecule is NC(CCl)=Nc1cc(Br)ccc1F. The highest BCUT2D eigenvalue weighted by Gasteiger charge is 2.01. The second-order valence-electron chi connectivity index (χ2n) is 2.33. The van der Waals surface area contributed by atoms with Crippen molar-refractivity contribution in [1.82, 2.24) is 0 Å². The summed E-state index contributed by atoms with van der Waals surface area (Å²) < 4.78 is 13.8. The maximum Gasteiger partial charge on any atom is 0.148 e. The van der Waals surface area contributed by atoms with Crippen LogP contribution in [0.2, 0.25) is 0 Å². The average Bonchev–Trinajstić information content (AvgIpc) is 2.11. The molecule has 2 N–H and O–H groups in total. The summed E-state index contributed by atoms with van der Waals surface area (Å²) in [6, 6.07) is 4.43. The van der Waals surface area contributed by atoms with Crippen molar-refractivity contribution in [3.63, 3.8) is 0 Å². The molecule has 1 aromatic carbocycles. The number of hydrogen-bond acceptors (Lipinski definition) is 1. The van der Waals surface area contributed by atoms with Gasteiger partial charge in [-0.25, -0.2) is 9.38 Å². The molecular weight excluding hydrogens is 258 g/mol. The Balaban J connectivity index is 3.07. The Bertz CT molecular complexity index is 341. The summed E-state index contributed by atoms with van der Waals surface area (Å²) in [6.07, 6.45) is 0. The van der Waals surface area contributed by atoms with E-state index < -0.39 is 5.82 Å². The van der Waals surface area contributed by atoms with Crippen molar-refractivity contribution < 1.29 is 4.39 Å². The molecule has 0 bridgehead atoms. The lowest BCUT2D eigenvalue weighted by molar-refractivity contribution is 0.629. The van der Waals surface area contributed by atoms with Gasteiger partial charge in [0.25, 0.3) is 0 Å². The number of hydrogen-bond donors (Lipinski definition) is 1. The number of benzene rings is 1. The van der Waals surface area contributed by atoms with Gasteiger partial charge in [0.15, 0.2) is 0 Å². The van der Waals surface area contributed by atoms with E-state index in [9.17, 15) is 4.39 Å². The van der Waals surface area contributed by atoms with Crippen LogP contribution in [-0.4, -0.2) is 11.7 Å². The van der Waals surface area contributed by atoms with E-state index in [1.807, 2.05) is 0 Å². The number of halogens is 3. The zero-order chi connectivity index (χ0) is 9.84. The highest BCUT2D eigenvalue weighted by molar-refractivity contribution is 9.10. The van der Waals surface area contributed by atoms with Crippen LogP contribution < -0.4 is 5.73 Å². The fourth-order valence-corrected chi connectivity index (χ4v) is 1.16. The lowest BCUT2D eigenvalue weighted by Gasteiger charge is -1.98. The third kappa shape index (κ3) is 2.97. The van der Waals surface area contributed by atoms with Gasteiger partial charge in [0.2, 0.25) is 0 Å². The number of amidine groups is 1. The molecule has 5 heteroatoms. The molecule has 2 nitrogen and oxygen atoms in total. The molecule has 0 aliphatic carbocycles. The Morgan fingerprint density at radius 3 is 2.92 bits per heavy atom. The first-order valence-electron chi connectivity index (χ1n) is 3.47. The number of alkyl halides is 1. The molecule has 70 valence electrons. The Morgan fingerprint density at radius 1 is 1.62 bits per heavy atom. The smallest absolute Gasteiger partial charge is 0.148 e. The summed E-state index contributed by atoms with van der Waals surface area (Å²) in [5.41, 5.74) is 5.55. The third-order valence-corrected chi connectivity index (χ3v) is 2.08. The zero-order valence-corrected chi connectivity index (χ0v) is 8.94. The molecule has 0 aromatic heterocycles. The zero-order valence-electron chi connectivity index (χ0n) is 6.60. The summed E-state index contributed by atoms with van der Waals surface area (Å²) in [5, 5.41) is 0. The summed E-state index contributed by atoms with van der Waals surface area (Å²) >= 11 is 8.60. The van der Waals surface area contributed by atoms with E-state index in [4.69, 9.17) is 17.3 Å². The molecule has 0 unspecified atom stereocenters. The van der Waals surface area contributed by atoms with Gasteiger partial charge >= 0.3 is 0 Å². The summed E-state index contributed by atoms with van der Waals surface area (Å²) in [6.45, 7) is 0. The van der Waals surface area contributed by atoms with Gasteiger partial charge in [-0.05, 0) is 18.2 Å². The lowest BCUT2D eigenvalue weighted by atomic mass is 10.3. The second-order valence-corrected chi connectivity index (χ2v) is 3.52. The Morgan fingerprint density at radius 2 is 2.31 bits per heavy atom. The van der Waals surface area contributed by atoms with Crippen molar-refractivity contribution in [3.8, 4) is 0 Å². The highest BCUT2D eigenvalue weighted by Crippen LogP contribution is 2.22. The van der Waals surface area contributed by atoms with Gasteiger partial charge < -0.3 is 5.73 Å². The van der Waals surface area contributed by atoms with E-state index in [1.165, 1.54) is 12.1 Å². The van der Waals surface area contributed by atoms with Crippen LogP contribution in [-0.2, 0) is 0 Å². The molecule has 0 fully saturated rings. The van der Waals surface area contributed by atoms with Crippen LogP contribution in [0.3, 0.4) is 0 Å². The predicted molar refractivity (Wildman–Crippen MR) is 56.1 cm³/mol. The van der Waals surface area contributed by atoms with Gasteiger partial charge in [-0.2, -0.15) is 0 Å². The molecule has 0 saturated heterocycles. The fourth-order valence-electron chi connectivity index (χ4n) is 0.756.